The molecule has 1 aliphatic rings. The third-order valence-electron chi connectivity index (χ3n) is 3.84. The molecule has 1 aliphatic heterocycles. The Morgan fingerprint density at radius 1 is 0.960 bits per heavy atom. The number of hydrogen-bond donors (Lipinski definition) is 2. The van der Waals surface area contributed by atoms with Crippen LogP contribution in [0.15, 0.2) is 48.5 Å². The number of benzene rings is 2. The molecule has 0 bridgehead atoms. The fourth-order valence-corrected chi connectivity index (χ4v) is 2.55. The molecule has 0 fully saturated rings. The summed E-state index contributed by atoms with van der Waals surface area (Å²) in [5, 5.41) is 5.07. The maximum atomic E-state index is 12.1. The zero-order chi connectivity index (χ0) is 18.0. The van der Waals surface area contributed by atoms with Crippen LogP contribution in [0.1, 0.15) is 31.1 Å². The molecule has 7 nitrogen and oxygen atoms in total. The minimum atomic E-state index is -0.493. The molecule has 0 atom stereocenters. The Hall–Kier alpha value is -3.48. The second kappa shape index (κ2) is 6.56. The quantitative estimate of drug-likeness (QED) is 0.822. The highest BCUT2D eigenvalue weighted by Crippen LogP contribution is 2.28. The first-order valence-corrected chi connectivity index (χ1v) is 7.57. The van der Waals surface area contributed by atoms with Crippen molar-refractivity contribution in [3.8, 4) is 0 Å². The van der Waals surface area contributed by atoms with Crippen LogP contribution in [0.4, 0.5) is 5.69 Å². The second-order valence-corrected chi connectivity index (χ2v) is 5.49. The van der Waals surface area contributed by atoms with E-state index in [4.69, 9.17) is 0 Å². The van der Waals surface area contributed by atoms with Crippen molar-refractivity contribution < 1.29 is 19.2 Å². The van der Waals surface area contributed by atoms with Gasteiger partial charge in [0.2, 0.25) is 5.91 Å². The van der Waals surface area contributed by atoms with E-state index in [1.165, 1.54) is 13.1 Å². The SMILES string of the molecule is CN1C(=O)c2cccc(NC(=O)CNC(=O)c3ccccc3)c2C1=O. The smallest absolute Gasteiger partial charge is 0.263 e. The van der Waals surface area contributed by atoms with Gasteiger partial charge < -0.3 is 10.6 Å². The maximum absolute atomic E-state index is 12.1. The number of carbonyl (C=O) groups is 4. The predicted octanol–water partition coefficient (Wildman–Crippen LogP) is 1.28. The molecule has 25 heavy (non-hydrogen) atoms. The van der Waals surface area contributed by atoms with Crippen molar-refractivity contribution in [2.45, 2.75) is 0 Å². The Labute approximate surface area is 143 Å². The van der Waals surface area contributed by atoms with E-state index in [2.05, 4.69) is 10.6 Å². The van der Waals surface area contributed by atoms with Crippen molar-refractivity contribution in [3.05, 3.63) is 65.2 Å². The molecule has 0 aliphatic carbocycles. The van der Waals surface area contributed by atoms with Gasteiger partial charge in [0, 0.05) is 12.6 Å². The van der Waals surface area contributed by atoms with Crippen molar-refractivity contribution >= 4 is 29.3 Å². The van der Waals surface area contributed by atoms with Gasteiger partial charge in [-0.05, 0) is 24.3 Å². The van der Waals surface area contributed by atoms with E-state index in [9.17, 15) is 19.2 Å². The van der Waals surface area contributed by atoms with Crippen LogP contribution < -0.4 is 10.6 Å². The summed E-state index contributed by atoms with van der Waals surface area (Å²) in [7, 11) is 1.39. The van der Waals surface area contributed by atoms with Gasteiger partial charge in [0.05, 0.1) is 23.4 Å². The molecule has 0 aromatic heterocycles. The van der Waals surface area contributed by atoms with Crippen LogP contribution in [0, 0.1) is 0 Å². The van der Waals surface area contributed by atoms with Crippen LogP contribution in [0.25, 0.3) is 0 Å². The molecular weight excluding hydrogens is 322 g/mol. The summed E-state index contributed by atoms with van der Waals surface area (Å²) in [6, 6.07) is 13.2. The van der Waals surface area contributed by atoms with Crippen molar-refractivity contribution in [2.24, 2.45) is 0 Å². The molecule has 2 aromatic carbocycles. The molecule has 2 aromatic rings. The highest BCUT2D eigenvalue weighted by atomic mass is 16.2. The molecule has 3 rings (SSSR count). The molecule has 126 valence electrons. The summed E-state index contributed by atoms with van der Waals surface area (Å²) in [4.78, 5) is 49.1. The Balaban J connectivity index is 1.68. The lowest BCUT2D eigenvalue weighted by Crippen LogP contribution is -2.33. The Morgan fingerprint density at radius 3 is 2.40 bits per heavy atom. The lowest BCUT2D eigenvalue weighted by atomic mass is 10.1. The van der Waals surface area contributed by atoms with E-state index in [-0.39, 0.29) is 29.3 Å². The number of hydrogen-bond acceptors (Lipinski definition) is 4. The average molecular weight is 337 g/mol. The number of nitrogens with zero attached hydrogens (tertiary/aromatic N) is 1. The first-order valence-electron chi connectivity index (χ1n) is 7.57. The lowest BCUT2D eigenvalue weighted by Gasteiger charge is -2.10. The topological polar surface area (TPSA) is 95.6 Å². The fourth-order valence-electron chi connectivity index (χ4n) is 2.55. The molecule has 1 heterocycles. The van der Waals surface area contributed by atoms with Gasteiger partial charge in [0.1, 0.15) is 0 Å². The third kappa shape index (κ3) is 3.12. The molecule has 2 N–H and O–H groups in total. The van der Waals surface area contributed by atoms with Crippen LogP contribution in [0.3, 0.4) is 0 Å². The molecule has 4 amide bonds. The lowest BCUT2D eigenvalue weighted by molar-refractivity contribution is -0.115. The van der Waals surface area contributed by atoms with E-state index in [0.717, 1.165) is 4.90 Å². The van der Waals surface area contributed by atoms with Crippen molar-refractivity contribution in [1.29, 1.82) is 0 Å². The van der Waals surface area contributed by atoms with Gasteiger partial charge >= 0.3 is 0 Å². The molecule has 0 saturated heterocycles. The number of anilines is 1. The fraction of sp³-hybridized carbons (Fsp3) is 0.111. The van der Waals surface area contributed by atoms with Crippen molar-refractivity contribution in [1.82, 2.24) is 10.2 Å². The molecular formula is C18H15N3O4. The zero-order valence-electron chi connectivity index (χ0n) is 13.4. The standard InChI is InChI=1S/C18H15N3O4/c1-21-17(24)12-8-5-9-13(15(12)18(21)25)20-14(22)10-19-16(23)11-6-3-2-4-7-11/h2-9H,10H2,1H3,(H,19,23)(H,20,22). The molecule has 0 saturated carbocycles. The summed E-state index contributed by atoms with van der Waals surface area (Å²) in [5.41, 5.74) is 1.11. The number of carbonyl (C=O) groups excluding carboxylic acids is 4. The van der Waals surface area contributed by atoms with Gasteiger partial charge in [0.15, 0.2) is 0 Å². The third-order valence-corrected chi connectivity index (χ3v) is 3.84. The summed E-state index contributed by atoms with van der Waals surface area (Å²) in [6.07, 6.45) is 0. The van der Waals surface area contributed by atoms with Gasteiger partial charge in [-0.1, -0.05) is 24.3 Å². The maximum Gasteiger partial charge on any atom is 0.263 e. The number of imide groups is 1. The van der Waals surface area contributed by atoms with E-state index in [0.29, 0.717) is 5.56 Å². The van der Waals surface area contributed by atoms with Crippen LogP contribution in [-0.2, 0) is 4.79 Å². The summed E-state index contributed by atoms with van der Waals surface area (Å²) in [5.74, 6) is -1.75. The van der Waals surface area contributed by atoms with E-state index in [1.54, 1.807) is 42.5 Å². The second-order valence-electron chi connectivity index (χ2n) is 5.49. The monoisotopic (exact) mass is 337 g/mol. The van der Waals surface area contributed by atoms with Crippen LogP contribution in [0.2, 0.25) is 0 Å². The van der Waals surface area contributed by atoms with Gasteiger partial charge in [-0.3, -0.25) is 24.1 Å². The van der Waals surface area contributed by atoms with Gasteiger partial charge in [-0.25, -0.2) is 0 Å². The molecule has 0 radical (unpaired) electrons. The van der Waals surface area contributed by atoms with Crippen LogP contribution in [-0.4, -0.2) is 42.1 Å². The van der Waals surface area contributed by atoms with E-state index in [1.807, 2.05) is 0 Å². The van der Waals surface area contributed by atoms with Gasteiger partial charge in [0.25, 0.3) is 17.7 Å². The average Bonchev–Trinajstić information content (AvgIpc) is 2.85. The predicted molar refractivity (Wildman–Crippen MR) is 90.3 cm³/mol. The minimum absolute atomic E-state index is 0.165. The van der Waals surface area contributed by atoms with Crippen molar-refractivity contribution in [3.63, 3.8) is 0 Å². The number of amides is 4. The van der Waals surface area contributed by atoms with Crippen molar-refractivity contribution in [2.75, 3.05) is 18.9 Å². The van der Waals surface area contributed by atoms with Crippen LogP contribution >= 0.6 is 0 Å². The normalized spacial score (nSPS) is 12.8. The Kier molecular flexibility index (Phi) is 4.30. The molecule has 7 heteroatoms. The Bertz CT molecular complexity index is 877. The highest BCUT2D eigenvalue weighted by Gasteiger charge is 2.35. The minimum Gasteiger partial charge on any atom is -0.343 e. The summed E-state index contributed by atoms with van der Waals surface area (Å²) >= 11 is 0. The van der Waals surface area contributed by atoms with Gasteiger partial charge in [-0.15, -0.1) is 0 Å². The number of nitrogens with one attached hydrogen (secondary N) is 2. The highest BCUT2D eigenvalue weighted by molar-refractivity contribution is 6.24. The Morgan fingerprint density at radius 2 is 1.68 bits per heavy atom. The zero-order valence-corrected chi connectivity index (χ0v) is 13.4. The van der Waals surface area contributed by atoms with Gasteiger partial charge in [-0.2, -0.15) is 0 Å². The van der Waals surface area contributed by atoms with E-state index < -0.39 is 17.7 Å². The number of fused-ring (bicyclic) bond motifs is 1. The largest absolute Gasteiger partial charge is 0.343 e. The van der Waals surface area contributed by atoms with E-state index >= 15 is 0 Å². The summed E-state index contributed by atoms with van der Waals surface area (Å²) in [6.45, 7) is -0.255. The van der Waals surface area contributed by atoms with Crippen LogP contribution in [0.5, 0.6) is 0 Å². The molecule has 0 spiro atoms. The summed E-state index contributed by atoms with van der Waals surface area (Å²) < 4.78 is 0. The molecule has 0 unspecified atom stereocenters. The first kappa shape index (κ1) is 16.4. The first-order chi connectivity index (χ1) is 12.0. The number of rotatable bonds is 4.